The van der Waals surface area contributed by atoms with Crippen LogP contribution in [0.5, 0.6) is 0 Å². The molecule has 4 nitrogen and oxygen atoms in total. The third-order valence-electron chi connectivity index (χ3n) is 4.23. The molecule has 1 aromatic carbocycles. The third kappa shape index (κ3) is 3.53. The first-order chi connectivity index (χ1) is 10.2. The Morgan fingerprint density at radius 1 is 1.17 bits per heavy atom. The Morgan fingerprint density at radius 3 is 2.26 bits per heavy atom. The quantitative estimate of drug-likeness (QED) is 0.777. The maximum atomic E-state index is 12.8. The molecule has 0 radical (unpaired) electrons. The van der Waals surface area contributed by atoms with Gasteiger partial charge in [-0.1, -0.05) is 0 Å². The minimum Gasteiger partial charge on any atom is -0.316 e. The number of benzene rings is 1. The molecule has 23 heavy (non-hydrogen) atoms. The van der Waals surface area contributed by atoms with Crippen LogP contribution >= 0.6 is 28.3 Å². The fraction of sp³-hybridized carbons (Fsp3) is 0.538. The standard InChI is InChI=1S/C13H14BrF3N2O2S.ClH/c14-11-2-1-10(13(15,16)17)3-12(11)22(20,21)19-6-8-4-18-5-9(8)7-19;/h1-3,8-9,18H,4-7H2;1H/t8-,9+;. The van der Waals surface area contributed by atoms with Gasteiger partial charge in [-0.15, -0.1) is 12.4 Å². The molecule has 1 N–H and O–H groups in total. The Hall–Kier alpha value is -0.350. The van der Waals surface area contributed by atoms with Crippen LogP contribution in [0.15, 0.2) is 27.6 Å². The van der Waals surface area contributed by atoms with Crippen molar-refractivity contribution in [2.75, 3.05) is 26.2 Å². The van der Waals surface area contributed by atoms with E-state index >= 15 is 0 Å². The molecule has 2 saturated heterocycles. The lowest BCUT2D eigenvalue weighted by molar-refractivity contribution is -0.137. The summed E-state index contributed by atoms with van der Waals surface area (Å²) >= 11 is 3.06. The molecule has 130 valence electrons. The number of halogens is 5. The molecule has 10 heteroatoms. The average Bonchev–Trinajstić information content (AvgIpc) is 2.98. The van der Waals surface area contributed by atoms with Crippen molar-refractivity contribution in [3.05, 3.63) is 28.2 Å². The van der Waals surface area contributed by atoms with E-state index in [1.807, 2.05) is 0 Å². The molecular weight excluding hydrogens is 421 g/mol. The summed E-state index contributed by atoms with van der Waals surface area (Å²) in [6.07, 6.45) is -4.57. The largest absolute Gasteiger partial charge is 0.416 e. The molecule has 2 heterocycles. The van der Waals surface area contributed by atoms with Crippen LogP contribution in [0.4, 0.5) is 13.2 Å². The molecule has 0 amide bonds. The lowest BCUT2D eigenvalue weighted by Crippen LogP contribution is -2.32. The van der Waals surface area contributed by atoms with Gasteiger partial charge in [-0.3, -0.25) is 0 Å². The minimum atomic E-state index is -4.57. The van der Waals surface area contributed by atoms with E-state index in [0.717, 1.165) is 25.2 Å². The summed E-state index contributed by atoms with van der Waals surface area (Å²) in [6, 6.07) is 2.70. The molecule has 0 saturated carbocycles. The number of alkyl halides is 3. The van der Waals surface area contributed by atoms with E-state index in [9.17, 15) is 21.6 Å². The summed E-state index contributed by atoms with van der Waals surface area (Å²) in [4.78, 5) is -0.324. The van der Waals surface area contributed by atoms with Crippen molar-refractivity contribution in [2.45, 2.75) is 11.1 Å². The van der Waals surface area contributed by atoms with Gasteiger partial charge < -0.3 is 5.32 Å². The second-order valence-corrected chi connectivity index (χ2v) is 8.40. The maximum absolute atomic E-state index is 12.8. The molecular formula is C13H15BrClF3N2O2S. The van der Waals surface area contributed by atoms with Crippen LogP contribution < -0.4 is 5.32 Å². The van der Waals surface area contributed by atoms with Crippen LogP contribution in [0.3, 0.4) is 0 Å². The number of sulfonamides is 1. The van der Waals surface area contributed by atoms with Gasteiger partial charge in [0.05, 0.1) is 10.5 Å². The van der Waals surface area contributed by atoms with Crippen LogP contribution in [-0.2, 0) is 16.2 Å². The van der Waals surface area contributed by atoms with Crippen molar-refractivity contribution in [2.24, 2.45) is 11.8 Å². The van der Waals surface area contributed by atoms with E-state index in [2.05, 4.69) is 21.2 Å². The number of fused-ring (bicyclic) bond motifs is 1. The summed E-state index contributed by atoms with van der Waals surface area (Å²) in [7, 11) is -3.94. The van der Waals surface area contributed by atoms with E-state index in [-0.39, 0.29) is 33.6 Å². The Kier molecular flexibility index (Phi) is 5.37. The van der Waals surface area contributed by atoms with E-state index in [1.165, 1.54) is 4.31 Å². The van der Waals surface area contributed by atoms with Crippen LogP contribution in [0, 0.1) is 11.8 Å². The number of hydrogen-bond acceptors (Lipinski definition) is 3. The smallest absolute Gasteiger partial charge is 0.316 e. The van der Waals surface area contributed by atoms with Crippen LogP contribution in [-0.4, -0.2) is 38.9 Å². The number of hydrogen-bond donors (Lipinski definition) is 1. The van der Waals surface area contributed by atoms with Crippen molar-refractivity contribution in [1.82, 2.24) is 9.62 Å². The summed E-state index contributed by atoms with van der Waals surface area (Å²) < 4.78 is 65.3. The molecule has 0 aliphatic carbocycles. The van der Waals surface area contributed by atoms with E-state index in [1.54, 1.807) is 0 Å². The molecule has 2 fully saturated rings. The molecule has 2 aliphatic rings. The van der Waals surface area contributed by atoms with Crippen LogP contribution in [0.1, 0.15) is 5.56 Å². The van der Waals surface area contributed by atoms with Gasteiger partial charge in [0.1, 0.15) is 0 Å². The molecule has 3 rings (SSSR count). The first-order valence-corrected chi connectivity index (χ1v) is 9.00. The lowest BCUT2D eigenvalue weighted by Gasteiger charge is -2.19. The topological polar surface area (TPSA) is 49.4 Å². The zero-order valence-electron chi connectivity index (χ0n) is 11.8. The first kappa shape index (κ1) is 19.0. The highest BCUT2D eigenvalue weighted by atomic mass is 79.9. The zero-order valence-corrected chi connectivity index (χ0v) is 15.0. The van der Waals surface area contributed by atoms with Crippen molar-refractivity contribution >= 4 is 38.4 Å². The zero-order chi connectivity index (χ0) is 16.1. The molecule has 1 aromatic rings. The van der Waals surface area contributed by atoms with E-state index in [0.29, 0.717) is 19.2 Å². The number of nitrogens with one attached hydrogen (secondary N) is 1. The van der Waals surface area contributed by atoms with Gasteiger partial charge in [-0.25, -0.2) is 8.42 Å². The number of rotatable bonds is 2. The van der Waals surface area contributed by atoms with Crippen molar-refractivity contribution in [1.29, 1.82) is 0 Å². The van der Waals surface area contributed by atoms with Gasteiger partial charge in [0.15, 0.2) is 0 Å². The molecule has 0 spiro atoms. The first-order valence-electron chi connectivity index (χ1n) is 6.77. The normalized spacial score (nSPS) is 25.2. The Labute approximate surface area is 147 Å². The van der Waals surface area contributed by atoms with Crippen molar-refractivity contribution < 1.29 is 21.6 Å². The lowest BCUT2D eigenvalue weighted by atomic mass is 10.0. The van der Waals surface area contributed by atoms with Crippen molar-refractivity contribution in [3.63, 3.8) is 0 Å². The van der Waals surface area contributed by atoms with Crippen LogP contribution in [0.25, 0.3) is 0 Å². The van der Waals surface area contributed by atoms with Gasteiger partial charge in [0.2, 0.25) is 10.0 Å². The molecule has 0 bridgehead atoms. The van der Waals surface area contributed by atoms with E-state index < -0.39 is 21.8 Å². The molecule has 0 unspecified atom stereocenters. The molecule has 2 aliphatic heterocycles. The molecule has 0 aromatic heterocycles. The summed E-state index contributed by atoms with van der Waals surface area (Å²) in [6.45, 7) is 2.20. The van der Waals surface area contributed by atoms with Gasteiger partial charge in [0.25, 0.3) is 0 Å². The predicted molar refractivity (Wildman–Crippen MR) is 85.0 cm³/mol. The fourth-order valence-electron chi connectivity index (χ4n) is 3.03. The SMILES string of the molecule is Cl.O=S(=O)(c1cc(C(F)(F)F)ccc1Br)N1C[C@H]2CNC[C@H]2C1. The monoisotopic (exact) mass is 434 g/mol. The second-order valence-electron chi connectivity index (χ2n) is 5.64. The highest BCUT2D eigenvalue weighted by molar-refractivity contribution is 9.10. The highest BCUT2D eigenvalue weighted by Gasteiger charge is 2.42. The Balaban J connectivity index is 0.00000192. The van der Waals surface area contributed by atoms with Crippen LogP contribution in [0.2, 0.25) is 0 Å². The summed E-state index contributed by atoms with van der Waals surface area (Å²) in [5.41, 5.74) is -0.963. The summed E-state index contributed by atoms with van der Waals surface area (Å²) in [5, 5.41) is 3.20. The van der Waals surface area contributed by atoms with Gasteiger partial charge in [-0.05, 0) is 59.1 Å². The number of nitrogens with zero attached hydrogens (tertiary/aromatic N) is 1. The fourth-order valence-corrected chi connectivity index (χ4v) is 5.53. The Morgan fingerprint density at radius 2 is 1.74 bits per heavy atom. The van der Waals surface area contributed by atoms with Gasteiger partial charge in [-0.2, -0.15) is 17.5 Å². The summed E-state index contributed by atoms with van der Waals surface area (Å²) in [5.74, 6) is 0.471. The van der Waals surface area contributed by atoms with Crippen molar-refractivity contribution in [3.8, 4) is 0 Å². The maximum Gasteiger partial charge on any atom is 0.416 e. The third-order valence-corrected chi connectivity index (χ3v) is 7.06. The predicted octanol–water partition coefficient (Wildman–Crippen LogP) is 2.73. The second kappa shape index (κ2) is 6.51. The van der Waals surface area contributed by atoms with Gasteiger partial charge in [0, 0.05) is 17.6 Å². The average molecular weight is 436 g/mol. The van der Waals surface area contributed by atoms with E-state index in [4.69, 9.17) is 0 Å². The molecule has 2 atom stereocenters. The highest BCUT2D eigenvalue weighted by Crippen LogP contribution is 2.37. The minimum absolute atomic E-state index is 0. The van der Waals surface area contributed by atoms with Gasteiger partial charge >= 0.3 is 6.18 Å². The Bertz CT molecular complexity index is 687.